The number of halogens is 3. The molecule has 0 saturated carbocycles. The minimum Gasteiger partial charge on any atom is -0.340 e. The maximum absolute atomic E-state index is 13.6. The van der Waals surface area contributed by atoms with Crippen LogP contribution in [0.5, 0.6) is 0 Å². The van der Waals surface area contributed by atoms with Gasteiger partial charge in [0.05, 0.1) is 12.0 Å². The molecule has 0 spiro atoms. The van der Waals surface area contributed by atoms with E-state index >= 15 is 0 Å². The zero-order valence-corrected chi connectivity index (χ0v) is 10.0. The Morgan fingerprint density at radius 2 is 2.05 bits per heavy atom. The molecule has 0 unspecified atom stereocenters. The zero-order chi connectivity index (χ0) is 13.4. The summed E-state index contributed by atoms with van der Waals surface area (Å²) in [5.41, 5.74) is 0.734. The number of anilines is 2. The van der Waals surface area contributed by atoms with Crippen LogP contribution in [0.1, 0.15) is 0 Å². The summed E-state index contributed by atoms with van der Waals surface area (Å²) in [6.45, 7) is 0. The van der Waals surface area contributed by atoms with Gasteiger partial charge in [0.1, 0.15) is 17.2 Å². The van der Waals surface area contributed by atoms with Crippen molar-refractivity contribution in [2.45, 2.75) is 0 Å². The van der Waals surface area contributed by atoms with Crippen LogP contribution in [-0.4, -0.2) is 19.9 Å². The number of aromatic amines is 1. The number of fused-ring (bicyclic) bond motifs is 1. The van der Waals surface area contributed by atoms with Crippen LogP contribution in [0.4, 0.5) is 20.3 Å². The van der Waals surface area contributed by atoms with Gasteiger partial charge in [-0.3, -0.25) is 0 Å². The molecule has 0 fully saturated rings. The second kappa shape index (κ2) is 4.43. The highest BCUT2D eigenvalue weighted by Gasteiger charge is 2.11. The van der Waals surface area contributed by atoms with E-state index in [0.717, 1.165) is 18.2 Å². The molecule has 0 aliphatic rings. The molecule has 0 bridgehead atoms. The number of benzene rings is 1. The number of aromatic nitrogens is 4. The van der Waals surface area contributed by atoms with Gasteiger partial charge in [-0.2, -0.15) is 9.97 Å². The molecule has 3 aromatic rings. The van der Waals surface area contributed by atoms with E-state index in [-0.39, 0.29) is 16.8 Å². The number of hydrogen-bond donors (Lipinski definition) is 2. The Labute approximate surface area is 110 Å². The van der Waals surface area contributed by atoms with E-state index in [4.69, 9.17) is 11.6 Å². The summed E-state index contributed by atoms with van der Waals surface area (Å²) >= 11 is 5.73. The maximum Gasteiger partial charge on any atom is 0.226 e. The van der Waals surface area contributed by atoms with E-state index in [2.05, 4.69) is 25.3 Å². The zero-order valence-electron chi connectivity index (χ0n) is 9.28. The normalized spacial score (nSPS) is 10.9. The first-order valence-electron chi connectivity index (χ1n) is 5.22. The molecule has 19 heavy (non-hydrogen) atoms. The molecule has 1 aromatic carbocycles. The lowest BCUT2D eigenvalue weighted by atomic mass is 10.3. The van der Waals surface area contributed by atoms with Crippen molar-refractivity contribution < 1.29 is 8.78 Å². The first-order chi connectivity index (χ1) is 9.13. The number of H-pyrrole nitrogens is 1. The summed E-state index contributed by atoms with van der Waals surface area (Å²) in [6, 6.07) is 3.07. The standard InChI is InChI=1S/C11H6ClF2N5/c12-11-18-9-8(15-4-16-9)10(19-11)17-7-3-5(13)1-2-6(7)14/h1-4H,(H2,15,16,17,18,19). The van der Waals surface area contributed by atoms with Gasteiger partial charge in [-0.25, -0.2) is 13.8 Å². The van der Waals surface area contributed by atoms with Gasteiger partial charge in [0, 0.05) is 6.07 Å². The fraction of sp³-hybridized carbons (Fsp3) is 0. The number of nitrogens with one attached hydrogen (secondary N) is 2. The molecule has 8 heteroatoms. The van der Waals surface area contributed by atoms with Crippen LogP contribution in [0.2, 0.25) is 5.28 Å². The van der Waals surface area contributed by atoms with Gasteiger partial charge in [-0.05, 0) is 23.7 Å². The Hall–Kier alpha value is -2.28. The molecule has 0 atom stereocenters. The van der Waals surface area contributed by atoms with E-state index in [1.165, 1.54) is 6.33 Å². The van der Waals surface area contributed by atoms with Crippen LogP contribution in [-0.2, 0) is 0 Å². The molecule has 2 aromatic heterocycles. The maximum atomic E-state index is 13.6. The number of rotatable bonds is 2. The highest BCUT2D eigenvalue weighted by Crippen LogP contribution is 2.24. The van der Waals surface area contributed by atoms with Gasteiger partial charge >= 0.3 is 0 Å². The van der Waals surface area contributed by atoms with Crippen LogP contribution in [0.15, 0.2) is 24.5 Å². The minimum atomic E-state index is -0.608. The molecule has 5 nitrogen and oxygen atoms in total. The Morgan fingerprint density at radius 1 is 1.21 bits per heavy atom. The first kappa shape index (κ1) is 11.8. The van der Waals surface area contributed by atoms with Crippen LogP contribution in [0, 0.1) is 11.6 Å². The Morgan fingerprint density at radius 3 is 2.89 bits per heavy atom. The van der Waals surface area contributed by atoms with Crippen LogP contribution < -0.4 is 5.32 Å². The Bertz CT molecular complexity index is 758. The molecule has 3 rings (SSSR count). The average Bonchev–Trinajstić information content (AvgIpc) is 2.82. The second-order valence-electron chi connectivity index (χ2n) is 3.69. The first-order valence-corrected chi connectivity index (χ1v) is 5.60. The summed E-state index contributed by atoms with van der Waals surface area (Å²) in [4.78, 5) is 14.5. The van der Waals surface area contributed by atoms with Gasteiger partial charge in [-0.15, -0.1) is 0 Å². The summed E-state index contributed by atoms with van der Waals surface area (Å²) in [7, 11) is 0. The van der Waals surface area contributed by atoms with Gasteiger partial charge in [-0.1, -0.05) is 0 Å². The summed E-state index contributed by atoms with van der Waals surface area (Å²) in [5.74, 6) is -0.953. The van der Waals surface area contributed by atoms with Crippen LogP contribution in [0.25, 0.3) is 11.2 Å². The van der Waals surface area contributed by atoms with Crippen molar-refractivity contribution >= 4 is 34.3 Å². The summed E-state index contributed by atoms with van der Waals surface area (Å²) < 4.78 is 26.6. The third-order valence-electron chi connectivity index (χ3n) is 2.44. The van der Waals surface area contributed by atoms with E-state index in [1.54, 1.807) is 0 Å². The van der Waals surface area contributed by atoms with Gasteiger partial charge in [0.15, 0.2) is 11.5 Å². The van der Waals surface area contributed by atoms with Crippen LogP contribution in [0.3, 0.4) is 0 Å². The topological polar surface area (TPSA) is 66.5 Å². The highest BCUT2D eigenvalue weighted by molar-refractivity contribution is 6.28. The lowest BCUT2D eigenvalue weighted by molar-refractivity contribution is 0.603. The van der Waals surface area contributed by atoms with Crippen molar-refractivity contribution in [3.63, 3.8) is 0 Å². The van der Waals surface area contributed by atoms with Crippen molar-refractivity contribution in [1.82, 2.24) is 19.9 Å². The van der Waals surface area contributed by atoms with E-state index in [9.17, 15) is 8.78 Å². The van der Waals surface area contributed by atoms with Crippen molar-refractivity contribution in [3.8, 4) is 0 Å². The molecular weight excluding hydrogens is 276 g/mol. The second-order valence-corrected chi connectivity index (χ2v) is 4.03. The van der Waals surface area contributed by atoms with Crippen molar-refractivity contribution in [3.05, 3.63) is 41.4 Å². The molecule has 0 aliphatic heterocycles. The third-order valence-corrected chi connectivity index (χ3v) is 2.61. The predicted molar refractivity (Wildman–Crippen MR) is 66.3 cm³/mol. The smallest absolute Gasteiger partial charge is 0.226 e. The van der Waals surface area contributed by atoms with Gasteiger partial charge < -0.3 is 10.3 Å². The largest absolute Gasteiger partial charge is 0.340 e. The quantitative estimate of drug-likeness (QED) is 0.709. The predicted octanol–water partition coefficient (Wildman–Crippen LogP) is 3.03. The molecule has 0 saturated heterocycles. The fourth-order valence-electron chi connectivity index (χ4n) is 1.62. The molecule has 0 radical (unpaired) electrons. The molecule has 0 aliphatic carbocycles. The highest BCUT2D eigenvalue weighted by atomic mass is 35.5. The van der Waals surface area contributed by atoms with E-state index in [1.807, 2.05) is 0 Å². The van der Waals surface area contributed by atoms with E-state index < -0.39 is 11.6 Å². The molecule has 96 valence electrons. The lowest BCUT2D eigenvalue weighted by Crippen LogP contribution is -1.99. The third kappa shape index (κ3) is 2.19. The fourth-order valence-corrected chi connectivity index (χ4v) is 1.78. The van der Waals surface area contributed by atoms with Gasteiger partial charge in [0.2, 0.25) is 5.28 Å². The summed E-state index contributed by atoms with van der Waals surface area (Å²) in [5, 5.41) is 2.62. The molecular formula is C11H6ClF2N5. The number of hydrogen-bond acceptors (Lipinski definition) is 4. The Kier molecular flexibility index (Phi) is 2.75. The minimum absolute atomic E-state index is 0.0427. The van der Waals surface area contributed by atoms with Crippen molar-refractivity contribution in [1.29, 1.82) is 0 Å². The van der Waals surface area contributed by atoms with E-state index in [0.29, 0.717) is 11.2 Å². The number of nitrogens with zero attached hydrogens (tertiary/aromatic N) is 3. The molecule has 2 heterocycles. The number of imidazole rings is 1. The average molecular weight is 282 g/mol. The summed E-state index contributed by atoms with van der Waals surface area (Å²) in [6.07, 6.45) is 1.41. The Balaban J connectivity index is 2.10. The monoisotopic (exact) mass is 281 g/mol. The van der Waals surface area contributed by atoms with Gasteiger partial charge in [0.25, 0.3) is 0 Å². The SMILES string of the molecule is Fc1ccc(F)c(Nc2nc(Cl)nc3nc[nH]c23)c1. The molecule has 2 N–H and O–H groups in total. The molecule has 0 amide bonds. The van der Waals surface area contributed by atoms with Crippen molar-refractivity contribution in [2.24, 2.45) is 0 Å². The lowest BCUT2D eigenvalue weighted by Gasteiger charge is -2.07. The van der Waals surface area contributed by atoms with Crippen LogP contribution >= 0.6 is 11.6 Å². The van der Waals surface area contributed by atoms with Crippen molar-refractivity contribution in [2.75, 3.05) is 5.32 Å².